The third-order valence-corrected chi connectivity index (χ3v) is 4.49. The molecule has 0 aromatic heterocycles. The van der Waals surface area contributed by atoms with Gasteiger partial charge in [-0.1, -0.05) is 27.7 Å². The first-order valence-corrected chi connectivity index (χ1v) is 10.1. The number of aliphatic hydroxyl groups is 2. The maximum atomic E-state index is 12.5. The van der Waals surface area contributed by atoms with Gasteiger partial charge in [-0.3, -0.25) is 19.2 Å². The molecular weight excluding hydrogens is 396 g/mol. The van der Waals surface area contributed by atoms with Gasteiger partial charge in [-0.2, -0.15) is 0 Å². The average Bonchev–Trinajstić information content (AvgIpc) is 2.68. The Balaban J connectivity index is 5.30. The monoisotopic (exact) mass is 432 g/mol. The van der Waals surface area contributed by atoms with Crippen LogP contribution in [0, 0.1) is 23.7 Å². The maximum Gasteiger partial charge on any atom is 0.315 e. The summed E-state index contributed by atoms with van der Waals surface area (Å²) in [7, 11) is 0. The molecule has 0 spiro atoms. The Morgan fingerprint density at radius 1 is 0.900 bits per heavy atom. The minimum Gasteiger partial charge on any atom is -0.465 e. The van der Waals surface area contributed by atoms with Gasteiger partial charge in [0.2, 0.25) is 12.8 Å². The lowest BCUT2D eigenvalue weighted by molar-refractivity contribution is -0.157. The molecule has 10 heteroatoms. The minimum atomic E-state index is -1.60. The first-order chi connectivity index (χ1) is 14.2. The van der Waals surface area contributed by atoms with Crippen molar-refractivity contribution in [3.63, 3.8) is 0 Å². The molecule has 0 saturated carbocycles. The molecule has 0 fully saturated rings. The summed E-state index contributed by atoms with van der Waals surface area (Å²) in [5.74, 6) is -3.15. The number of esters is 2. The normalized spacial score (nSPS) is 13.5. The zero-order valence-electron chi connectivity index (χ0n) is 18.3. The number of hydrogen-bond donors (Lipinski definition) is 4. The van der Waals surface area contributed by atoms with Crippen molar-refractivity contribution in [3.05, 3.63) is 0 Å². The molecule has 10 nitrogen and oxygen atoms in total. The smallest absolute Gasteiger partial charge is 0.315 e. The molecule has 0 rings (SSSR count). The summed E-state index contributed by atoms with van der Waals surface area (Å²) < 4.78 is 10.3. The van der Waals surface area contributed by atoms with Crippen LogP contribution in [0.3, 0.4) is 0 Å². The molecule has 0 saturated heterocycles. The summed E-state index contributed by atoms with van der Waals surface area (Å²) in [5, 5.41) is 24.1. The van der Waals surface area contributed by atoms with Gasteiger partial charge in [-0.05, 0) is 31.1 Å². The van der Waals surface area contributed by atoms with Gasteiger partial charge in [0.15, 0.2) is 0 Å². The van der Waals surface area contributed by atoms with Gasteiger partial charge in [0, 0.05) is 0 Å². The summed E-state index contributed by atoms with van der Waals surface area (Å²) >= 11 is 0. The standard InChI is InChI=1S/C20H36N2O8/c1-14(2)10-29-18(27)16(8-23)6-5-7-20(21-12-25,22-13-26)17(9-24)19(28)30-11-15(3)4/h12-17,23-24H,5-11H2,1-4H3,(H,21,25)(H,22,26)/t16-,17-/m1/s1. The molecule has 174 valence electrons. The molecule has 4 N–H and O–H groups in total. The van der Waals surface area contributed by atoms with Gasteiger partial charge in [-0.25, -0.2) is 0 Å². The van der Waals surface area contributed by atoms with Crippen LogP contribution in [0.25, 0.3) is 0 Å². The summed E-state index contributed by atoms with van der Waals surface area (Å²) in [6.45, 7) is 6.70. The first kappa shape index (κ1) is 27.8. The molecule has 0 heterocycles. The van der Waals surface area contributed by atoms with E-state index >= 15 is 0 Å². The lowest BCUT2D eigenvalue weighted by Crippen LogP contribution is -2.64. The highest BCUT2D eigenvalue weighted by molar-refractivity contribution is 5.76. The molecule has 0 unspecified atom stereocenters. The number of hydrogen-bond acceptors (Lipinski definition) is 8. The van der Waals surface area contributed by atoms with Crippen LogP contribution in [0.2, 0.25) is 0 Å². The van der Waals surface area contributed by atoms with Gasteiger partial charge < -0.3 is 30.3 Å². The lowest BCUT2D eigenvalue weighted by Gasteiger charge is -2.38. The second-order valence-corrected chi connectivity index (χ2v) is 8.05. The third-order valence-electron chi connectivity index (χ3n) is 4.49. The van der Waals surface area contributed by atoms with Crippen molar-refractivity contribution in [3.8, 4) is 0 Å². The quantitative estimate of drug-likeness (QED) is 0.142. The minimum absolute atomic E-state index is 0.0143. The largest absolute Gasteiger partial charge is 0.465 e. The van der Waals surface area contributed by atoms with E-state index in [-0.39, 0.29) is 44.3 Å². The van der Waals surface area contributed by atoms with Crippen molar-refractivity contribution < 1.29 is 38.9 Å². The van der Waals surface area contributed by atoms with Crippen molar-refractivity contribution in [2.45, 2.75) is 52.6 Å². The number of ether oxygens (including phenoxy) is 2. The van der Waals surface area contributed by atoms with Crippen LogP contribution >= 0.6 is 0 Å². The Labute approximate surface area is 177 Å². The maximum absolute atomic E-state index is 12.5. The van der Waals surface area contributed by atoms with E-state index in [9.17, 15) is 29.4 Å². The zero-order valence-corrected chi connectivity index (χ0v) is 18.3. The molecular formula is C20H36N2O8. The van der Waals surface area contributed by atoms with E-state index in [0.29, 0.717) is 12.8 Å². The van der Waals surface area contributed by atoms with Crippen LogP contribution < -0.4 is 10.6 Å². The van der Waals surface area contributed by atoms with Crippen molar-refractivity contribution in [2.75, 3.05) is 26.4 Å². The first-order valence-electron chi connectivity index (χ1n) is 10.1. The molecule has 30 heavy (non-hydrogen) atoms. The van der Waals surface area contributed by atoms with Crippen LogP contribution in [-0.2, 0) is 28.7 Å². The second-order valence-electron chi connectivity index (χ2n) is 8.05. The Morgan fingerprint density at radius 3 is 1.80 bits per heavy atom. The fraction of sp³-hybridized carbons (Fsp3) is 0.800. The van der Waals surface area contributed by atoms with E-state index in [1.165, 1.54) is 0 Å². The molecule has 0 aliphatic heterocycles. The number of amides is 2. The topological polar surface area (TPSA) is 151 Å². The van der Waals surface area contributed by atoms with Crippen LogP contribution in [0.15, 0.2) is 0 Å². The Morgan fingerprint density at radius 2 is 1.40 bits per heavy atom. The number of aliphatic hydroxyl groups excluding tert-OH is 2. The van der Waals surface area contributed by atoms with E-state index in [2.05, 4.69) is 10.6 Å². The molecule has 0 radical (unpaired) electrons. The molecule has 0 aromatic carbocycles. The highest BCUT2D eigenvalue weighted by Gasteiger charge is 2.43. The molecule has 0 aromatic rings. The van der Waals surface area contributed by atoms with Crippen LogP contribution in [-0.4, -0.2) is 67.1 Å². The Kier molecular flexibility index (Phi) is 13.7. The van der Waals surface area contributed by atoms with Crippen molar-refractivity contribution in [2.24, 2.45) is 23.7 Å². The van der Waals surface area contributed by atoms with Crippen LogP contribution in [0.1, 0.15) is 47.0 Å². The van der Waals surface area contributed by atoms with Crippen LogP contribution in [0.4, 0.5) is 0 Å². The average molecular weight is 433 g/mol. The van der Waals surface area contributed by atoms with E-state index in [0.717, 1.165) is 0 Å². The fourth-order valence-electron chi connectivity index (χ4n) is 2.83. The summed E-state index contributed by atoms with van der Waals surface area (Å²) in [5.41, 5.74) is -1.60. The molecule has 2 atom stereocenters. The van der Waals surface area contributed by atoms with Crippen molar-refractivity contribution in [1.29, 1.82) is 0 Å². The van der Waals surface area contributed by atoms with E-state index in [1.54, 1.807) is 0 Å². The van der Waals surface area contributed by atoms with Crippen LogP contribution in [0.5, 0.6) is 0 Å². The van der Waals surface area contributed by atoms with Gasteiger partial charge in [0.25, 0.3) is 0 Å². The van der Waals surface area contributed by atoms with E-state index in [4.69, 9.17) is 9.47 Å². The number of carbonyl (C=O) groups is 4. The molecule has 0 aliphatic rings. The molecule has 0 bridgehead atoms. The summed E-state index contributed by atoms with van der Waals surface area (Å²) in [6, 6.07) is 0. The summed E-state index contributed by atoms with van der Waals surface area (Å²) in [6.07, 6.45) is 1.07. The van der Waals surface area contributed by atoms with Crippen molar-refractivity contribution in [1.82, 2.24) is 10.6 Å². The van der Waals surface area contributed by atoms with Gasteiger partial charge in [0.1, 0.15) is 11.6 Å². The predicted molar refractivity (Wildman–Crippen MR) is 108 cm³/mol. The predicted octanol–water partition coefficient (Wildman–Crippen LogP) is -0.0396. The third kappa shape index (κ3) is 9.53. The fourth-order valence-corrected chi connectivity index (χ4v) is 2.83. The highest BCUT2D eigenvalue weighted by atomic mass is 16.5. The number of carbonyl (C=O) groups excluding carboxylic acids is 4. The van der Waals surface area contributed by atoms with Crippen molar-refractivity contribution >= 4 is 24.8 Å². The zero-order chi connectivity index (χ0) is 23.2. The Bertz CT molecular complexity index is 529. The van der Waals surface area contributed by atoms with Gasteiger partial charge >= 0.3 is 11.9 Å². The number of nitrogens with one attached hydrogen (secondary N) is 2. The molecule has 2 amide bonds. The number of rotatable bonds is 17. The summed E-state index contributed by atoms with van der Waals surface area (Å²) in [4.78, 5) is 47.0. The van der Waals surface area contributed by atoms with E-state index in [1.807, 2.05) is 27.7 Å². The Hall–Kier alpha value is -2.20. The SMILES string of the molecule is CC(C)COC(=O)[C@@H](CO)CCCC(NC=O)(NC=O)[C@H](CO)C(=O)OCC(C)C. The van der Waals surface area contributed by atoms with E-state index < -0.39 is 42.7 Å². The highest BCUT2D eigenvalue weighted by Crippen LogP contribution is 2.24. The van der Waals surface area contributed by atoms with Gasteiger partial charge in [-0.15, -0.1) is 0 Å². The van der Waals surface area contributed by atoms with Gasteiger partial charge in [0.05, 0.1) is 32.3 Å². The molecule has 0 aliphatic carbocycles. The second kappa shape index (κ2) is 14.7. The lowest BCUT2D eigenvalue weighted by atomic mass is 9.86.